The van der Waals surface area contributed by atoms with Crippen molar-refractivity contribution in [1.29, 1.82) is 0 Å². The Balaban J connectivity index is 1.23. The summed E-state index contributed by atoms with van der Waals surface area (Å²) in [4.78, 5) is 34.2. The summed E-state index contributed by atoms with van der Waals surface area (Å²) in [5.41, 5.74) is 5.16. The Hall–Kier alpha value is -4.38. The van der Waals surface area contributed by atoms with Gasteiger partial charge in [-0.25, -0.2) is 14.4 Å². The number of halogens is 1. The summed E-state index contributed by atoms with van der Waals surface area (Å²) in [5, 5.41) is 11.1. The van der Waals surface area contributed by atoms with Gasteiger partial charge in [0.25, 0.3) is 0 Å². The third kappa shape index (κ3) is 4.45. The van der Waals surface area contributed by atoms with Crippen LogP contribution in [0.15, 0.2) is 42.9 Å². The number of hydrogen-bond donors (Lipinski definition) is 3. The maximum atomic E-state index is 15.3. The Morgan fingerprint density at radius 2 is 1.93 bits per heavy atom. The molecule has 0 spiro atoms. The number of nitrogens with zero attached hydrogens (tertiary/aromatic N) is 6. The Labute approximate surface area is 230 Å². The van der Waals surface area contributed by atoms with Crippen molar-refractivity contribution in [1.82, 2.24) is 35.0 Å². The molecule has 5 heterocycles. The van der Waals surface area contributed by atoms with Crippen LogP contribution < -0.4 is 10.2 Å². The molecular weight excluding hydrogens is 509 g/mol. The predicted octanol–water partition coefficient (Wildman–Crippen LogP) is 4.58. The van der Waals surface area contributed by atoms with E-state index in [1.54, 1.807) is 30.7 Å². The van der Waals surface area contributed by atoms with Gasteiger partial charge in [-0.2, -0.15) is 5.10 Å². The molecule has 1 aromatic carbocycles. The molecule has 1 saturated carbocycles. The van der Waals surface area contributed by atoms with Gasteiger partial charge in [0.2, 0.25) is 5.91 Å². The van der Waals surface area contributed by atoms with Crippen LogP contribution in [-0.4, -0.2) is 74.2 Å². The molecule has 2 fully saturated rings. The number of likely N-dealkylation sites (N-methyl/N-ethyl adjacent to an activating group) is 1. The van der Waals surface area contributed by atoms with Crippen LogP contribution in [0.4, 0.5) is 15.8 Å². The molecule has 3 N–H and O–H groups in total. The van der Waals surface area contributed by atoms with E-state index >= 15 is 4.39 Å². The van der Waals surface area contributed by atoms with Crippen molar-refractivity contribution in [3.63, 3.8) is 0 Å². The molecule has 0 bridgehead atoms. The molecule has 0 radical (unpaired) electrons. The van der Waals surface area contributed by atoms with Gasteiger partial charge in [0.15, 0.2) is 11.5 Å². The van der Waals surface area contributed by atoms with E-state index < -0.39 is 5.82 Å². The van der Waals surface area contributed by atoms with Gasteiger partial charge in [-0.1, -0.05) is 12.8 Å². The molecule has 1 amide bonds. The van der Waals surface area contributed by atoms with E-state index in [1.165, 1.54) is 6.07 Å². The zero-order valence-electron chi connectivity index (χ0n) is 22.2. The summed E-state index contributed by atoms with van der Waals surface area (Å²) >= 11 is 0. The van der Waals surface area contributed by atoms with Crippen molar-refractivity contribution < 1.29 is 9.18 Å². The number of benzene rings is 1. The van der Waals surface area contributed by atoms with Gasteiger partial charge < -0.3 is 20.1 Å². The summed E-state index contributed by atoms with van der Waals surface area (Å²) in [6, 6.07) is 6.96. The molecular formula is C29H30FN9O. The molecule has 5 aromatic rings. The maximum absolute atomic E-state index is 15.3. The van der Waals surface area contributed by atoms with Gasteiger partial charge in [-0.3, -0.25) is 14.9 Å². The van der Waals surface area contributed by atoms with Gasteiger partial charge in [-0.05, 0) is 38.1 Å². The first-order valence-electron chi connectivity index (χ1n) is 13.8. The standard InChI is InChI=1S/C29H30FN9O/c1-38-8-10-39(11-9-38)24-6-7-32-27-26(24)34-28(35-27)25-21-13-20(22(30)14-23(21)36-37-25)18-12-19(16-31-15-18)33-29(40)17-4-2-3-5-17/h6-7,12-17H,2-5,8-11H2,1H3,(H,33,40)(H,36,37)(H,32,34,35). The monoisotopic (exact) mass is 539 g/mol. The quantitative estimate of drug-likeness (QED) is 0.299. The van der Waals surface area contributed by atoms with Crippen LogP contribution in [0.3, 0.4) is 0 Å². The highest BCUT2D eigenvalue weighted by molar-refractivity contribution is 5.97. The lowest BCUT2D eigenvalue weighted by Gasteiger charge is -2.34. The Bertz CT molecular complexity index is 1710. The highest BCUT2D eigenvalue weighted by Crippen LogP contribution is 2.34. The number of fused-ring (bicyclic) bond motifs is 2. The number of carbonyl (C=O) groups is 1. The summed E-state index contributed by atoms with van der Waals surface area (Å²) in [6.07, 6.45) is 8.93. The fourth-order valence-corrected chi connectivity index (χ4v) is 5.85. The number of H-pyrrole nitrogens is 2. The number of rotatable bonds is 5. The Morgan fingerprint density at radius 1 is 1.10 bits per heavy atom. The molecule has 40 heavy (non-hydrogen) atoms. The zero-order chi connectivity index (χ0) is 27.2. The lowest BCUT2D eigenvalue weighted by atomic mass is 10.0. The third-order valence-electron chi connectivity index (χ3n) is 8.13. The van der Waals surface area contributed by atoms with Crippen molar-refractivity contribution in [2.24, 2.45) is 5.92 Å². The van der Waals surface area contributed by atoms with Crippen molar-refractivity contribution in [2.45, 2.75) is 25.7 Å². The highest BCUT2D eigenvalue weighted by Gasteiger charge is 2.24. The summed E-state index contributed by atoms with van der Waals surface area (Å²) in [7, 11) is 2.13. The molecule has 2 aliphatic rings. The number of nitrogens with one attached hydrogen (secondary N) is 3. The smallest absolute Gasteiger partial charge is 0.227 e. The Morgan fingerprint density at radius 3 is 2.75 bits per heavy atom. The normalized spacial score (nSPS) is 16.8. The number of piperazine rings is 1. The number of hydrogen-bond acceptors (Lipinski definition) is 7. The number of amides is 1. The van der Waals surface area contributed by atoms with Crippen molar-refractivity contribution in [3.05, 3.63) is 48.7 Å². The highest BCUT2D eigenvalue weighted by atomic mass is 19.1. The predicted molar refractivity (Wildman–Crippen MR) is 152 cm³/mol. The molecule has 0 unspecified atom stereocenters. The van der Waals surface area contributed by atoms with Crippen LogP contribution in [0.5, 0.6) is 0 Å². The average molecular weight is 540 g/mol. The minimum atomic E-state index is -0.410. The van der Waals surface area contributed by atoms with Crippen LogP contribution >= 0.6 is 0 Å². The molecule has 1 aliphatic heterocycles. The van der Waals surface area contributed by atoms with E-state index in [1.807, 2.05) is 6.07 Å². The van der Waals surface area contributed by atoms with E-state index in [0.717, 1.165) is 68.5 Å². The van der Waals surface area contributed by atoms with Crippen molar-refractivity contribution in [3.8, 4) is 22.6 Å². The first-order valence-corrected chi connectivity index (χ1v) is 13.8. The molecule has 7 rings (SSSR count). The number of pyridine rings is 2. The topological polar surface area (TPSA) is 119 Å². The maximum Gasteiger partial charge on any atom is 0.227 e. The van der Waals surface area contributed by atoms with Crippen LogP contribution in [0, 0.1) is 11.7 Å². The molecule has 10 nitrogen and oxygen atoms in total. The van der Waals surface area contributed by atoms with Crippen LogP contribution in [-0.2, 0) is 4.79 Å². The Kier molecular flexibility index (Phi) is 6.15. The van der Waals surface area contributed by atoms with Gasteiger partial charge >= 0.3 is 0 Å². The largest absolute Gasteiger partial charge is 0.367 e. The molecule has 204 valence electrons. The lowest BCUT2D eigenvalue weighted by molar-refractivity contribution is -0.119. The molecule has 1 saturated heterocycles. The van der Waals surface area contributed by atoms with Gasteiger partial charge in [0.05, 0.1) is 23.1 Å². The second kappa shape index (κ2) is 9.98. The average Bonchev–Trinajstić information content (AvgIpc) is 3.72. The number of carbonyl (C=O) groups excluding carboxylic acids is 1. The first-order chi connectivity index (χ1) is 19.5. The number of aromatic nitrogens is 6. The number of imidazole rings is 1. The molecule has 4 aromatic heterocycles. The van der Waals surface area contributed by atoms with Crippen molar-refractivity contribution >= 4 is 39.3 Å². The summed E-state index contributed by atoms with van der Waals surface area (Å²) in [5.74, 6) is 0.176. The minimum Gasteiger partial charge on any atom is -0.367 e. The second-order valence-corrected chi connectivity index (χ2v) is 10.8. The zero-order valence-corrected chi connectivity index (χ0v) is 22.2. The van der Waals surface area contributed by atoms with Crippen molar-refractivity contribution in [2.75, 3.05) is 43.4 Å². The van der Waals surface area contributed by atoms with Crippen LogP contribution in [0.25, 0.3) is 44.7 Å². The van der Waals surface area contributed by atoms with Crippen LogP contribution in [0.1, 0.15) is 25.7 Å². The molecule has 11 heteroatoms. The van der Waals surface area contributed by atoms with E-state index in [2.05, 4.69) is 47.3 Å². The van der Waals surface area contributed by atoms with E-state index in [4.69, 9.17) is 4.98 Å². The van der Waals surface area contributed by atoms with E-state index in [-0.39, 0.29) is 11.8 Å². The minimum absolute atomic E-state index is 0.000988. The lowest BCUT2D eigenvalue weighted by Crippen LogP contribution is -2.44. The van der Waals surface area contributed by atoms with Gasteiger partial charge in [0, 0.05) is 67.1 Å². The fourth-order valence-electron chi connectivity index (χ4n) is 5.85. The van der Waals surface area contributed by atoms with E-state index in [0.29, 0.717) is 39.5 Å². The second-order valence-electron chi connectivity index (χ2n) is 10.8. The van der Waals surface area contributed by atoms with Gasteiger partial charge in [-0.15, -0.1) is 0 Å². The van der Waals surface area contributed by atoms with Gasteiger partial charge in [0.1, 0.15) is 17.0 Å². The SMILES string of the molecule is CN1CCN(c2ccnc3nc(-c4n[nH]c5cc(F)c(-c6cncc(NC(=O)C7CCCC7)c6)cc45)[nH]c23)CC1. The molecule has 0 atom stereocenters. The first kappa shape index (κ1) is 24.6. The molecule has 1 aliphatic carbocycles. The van der Waals surface area contributed by atoms with E-state index in [9.17, 15) is 4.79 Å². The summed E-state index contributed by atoms with van der Waals surface area (Å²) in [6.45, 7) is 3.82. The number of aromatic amines is 2. The third-order valence-corrected chi connectivity index (χ3v) is 8.13. The fraction of sp³-hybridized carbons (Fsp3) is 0.345. The number of anilines is 2. The van der Waals surface area contributed by atoms with Crippen LogP contribution in [0.2, 0.25) is 0 Å². The summed E-state index contributed by atoms with van der Waals surface area (Å²) < 4.78 is 15.3.